The average Bonchev–Trinajstić information content (AvgIpc) is 2.47. The fraction of sp³-hybridized carbons (Fsp3) is 0.455. The molecule has 0 heteroatoms. The topological polar surface area (TPSA) is 0 Å². The van der Waals surface area contributed by atoms with E-state index in [1.54, 1.807) is 0 Å². The molecule has 0 saturated heterocycles. The minimum Gasteiger partial charge on any atom is -0.0952 e. The molecule has 0 amide bonds. The maximum Gasteiger partial charge on any atom is -0.0166 e. The third kappa shape index (κ3) is 5.02. The first-order valence-corrected chi connectivity index (χ1v) is 8.63. The second-order valence-corrected chi connectivity index (χ2v) is 6.23. The molecular weight excluding hydrogens is 264 g/mol. The lowest BCUT2D eigenvalue weighted by atomic mass is 9.81. The Balaban J connectivity index is 0.000000745. The quantitative estimate of drug-likeness (QED) is 0.478. The molecule has 0 aliphatic heterocycles. The minimum atomic E-state index is 1.07. The highest BCUT2D eigenvalue weighted by Gasteiger charge is 2.18. The summed E-state index contributed by atoms with van der Waals surface area (Å²) in [6, 6.07) is 0. The molecular formula is C22H32. The second kappa shape index (κ2) is 9.46. The third-order valence-electron chi connectivity index (χ3n) is 4.06. The van der Waals surface area contributed by atoms with Crippen LogP contribution in [0, 0.1) is 0 Å². The van der Waals surface area contributed by atoms with Gasteiger partial charge in [-0.05, 0) is 74.3 Å². The molecule has 0 aromatic carbocycles. The third-order valence-corrected chi connectivity index (χ3v) is 4.06. The van der Waals surface area contributed by atoms with Crippen molar-refractivity contribution in [2.45, 2.75) is 66.7 Å². The molecule has 0 N–H and O–H groups in total. The van der Waals surface area contributed by atoms with Gasteiger partial charge in [-0.2, -0.15) is 0 Å². The first kappa shape index (κ1) is 18.5. The van der Waals surface area contributed by atoms with Gasteiger partial charge in [0.05, 0.1) is 0 Å². The predicted octanol–water partition coefficient (Wildman–Crippen LogP) is 7.24. The molecule has 0 heterocycles. The number of hydrogen-bond acceptors (Lipinski definition) is 0. The van der Waals surface area contributed by atoms with E-state index in [1.807, 2.05) is 0 Å². The Bertz CT molecular complexity index is 545. The largest absolute Gasteiger partial charge is 0.0952 e. The molecule has 2 aliphatic rings. The van der Waals surface area contributed by atoms with E-state index < -0.39 is 0 Å². The molecule has 0 spiro atoms. The van der Waals surface area contributed by atoms with Crippen LogP contribution in [-0.4, -0.2) is 0 Å². The van der Waals surface area contributed by atoms with Crippen molar-refractivity contribution in [2.75, 3.05) is 0 Å². The van der Waals surface area contributed by atoms with Crippen LogP contribution in [0.5, 0.6) is 0 Å². The van der Waals surface area contributed by atoms with Gasteiger partial charge < -0.3 is 0 Å². The molecule has 0 unspecified atom stereocenters. The SMILES string of the molecule is C=C1CC/C(C)=C/C=C\C2=C(C)C1=C(/C=C\C)CC2.CCC. The van der Waals surface area contributed by atoms with Gasteiger partial charge in [-0.3, -0.25) is 0 Å². The molecule has 0 radical (unpaired) electrons. The maximum atomic E-state index is 4.35. The van der Waals surface area contributed by atoms with Crippen LogP contribution in [-0.2, 0) is 0 Å². The fourth-order valence-corrected chi connectivity index (χ4v) is 2.94. The van der Waals surface area contributed by atoms with Gasteiger partial charge in [0.1, 0.15) is 0 Å². The van der Waals surface area contributed by atoms with Gasteiger partial charge in [-0.25, -0.2) is 0 Å². The zero-order chi connectivity index (χ0) is 16.5. The van der Waals surface area contributed by atoms with Crippen molar-refractivity contribution in [2.24, 2.45) is 0 Å². The van der Waals surface area contributed by atoms with Gasteiger partial charge in [0, 0.05) is 0 Å². The summed E-state index contributed by atoms with van der Waals surface area (Å²) in [5, 5.41) is 0. The van der Waals surface area contributed by atoms with Crippen LogP contribution in [0.3, 0.4) is 0 Å². The number of rotatable bonds is 1. The molecule has 22 heavy (non-hydrogen) atoms. The summed E-state index contributed by atoms with van der Waals surface area (Å²) in [6.45, 7) is 15.2. The first-order valence-electron chi connectivity index (χ1n) is 8.63. The highest BCUT2D eigenvalue weighted by molar-refractivity contribution is 5.57. The Morgan fingerprint density at radius 2 is 1.77 bits per heavy atom. The van der Waals surface area contributed by atoms with E-state index in [2.05, 4.69) is 71.6 Å². The van der Waals surface area contributed by atoms with E-state index in [1.165, 1.54) is 39.9 Å². The predicted molar refractivity (Wildman–Crippen MR) is 101 cm³/mol. The zero-order valence-corrected chi connectivity index (χ0v) is 15.1. The van der Waals surface area contributed by atoms with Crippen LogP contribution in [0.25, 0.3) is 0 Å². The molecule has 0 atom stereocenters. The van der Waals surface area contributed by atoms with Crippen LogP contribution in [0.15, 0.2) is 70.4 Å². The molecule has 120 valence electrons. The maximum absolute atomic E-state index is 4.35. The Hall–Kier alpha value is -1.56. The van der Waals surface area contributed by atoms with Crippen molar-refractivity contribution < 1.29 is 0 Å². The molecule has 2 rings (SSSR count). The van der Waals surface area contributed by atoms with Crippen LogP contribution >= 0.6 is 0 Å². The van der Waals surface area contributed by atoms with Crippen LogP contribution < -0.4 is 0 Å². The van der Waals surface area contributed by atoms with Crippen molar-refractivity contribution >= 4 is 0 Å². The van der Waals surface area contributed by atoms with Gasteiger partial charge in [0.25, 0.3) is 0 Å². The molecule has 0 aromatic rings. The van der Waals surface area contributed by atoms with Crippen molar-refractivity contribution in [1.29, 1.82) is 0 Å². The molecule has 2 bridgehead atoms. The zero-order valence-electron chi connectivity index (χ0n) is 15.1. The van der Waals surface area contributed by atoms with Gasteiger partial charge in [0.2, 0.25) is 0 Å². The minimum absolute atomic E-state index is 1.07. The summed E-state index contributed by atoms with van der Waals surface area (Å²) < 4.78 is 0. The smallest absolute Gasteiger partial charge is 0.0166 e. The average molecular weight is 296 g/mol. The molecule has 0 aromatic heterocycles. The summed E-state index contributed by atoms with van der Waals surface area (Å²) in [7, 11) is 0. The lowest BCUT2D eigenvalue weighted by molar-refractivity contribution is 0.876. The normalized spacial score (nSPS) is 23.0. The number of hydrogen-bond donors (Lipinski definition) is 0. The van der Waals surface area contributed by atoms with E-state index >= 15 is 0 Å². The second-order valence-electron chi connectivity index (χ2n) is 6.23. The van der Waals surface area contributed by atoms with Gasteiger partial charge >= 0.3 is 0 Å². The number of fused-ring (bicyclic) bond motifs is 1. The lowest BCUT2D eigenvalue weighted by Gasteiger charge is -2.24. The summed E-state index contributed by atoms with van der Waals surface area (Å²) >= 11 is 0. The fourth-order valence-electron chi connectivity index (χ4n) is 2.94. The summed E-state index contributed by atoms with van der Waals surface area (Å²) in [6.07, 6.45) is 16.8. The molecule has 0 nitrogen and oxygen atoms in total. The van der Waals surface area contributed by atoms with E-state index in [0.717, 1.165) is 25.7 Å². The highest BCUT2D eigenvalue weighted by atomic mass is 14.2. The Labute approximate surface area is 137 Å². The van der Waals surface area contributed by atoms with Crippen molar-refractivity contribution in [3.8, 4) is 0 Å². The van der Waals surface area contributed by atoms with Gasteiger partial charge in [-0.15, -0.1) is 0 Å². The Kier molecular flexibility index (Phi) is 7.95. The Morgan fingerprint density at radius 1 is 1.09 bits per heavy atom. The van der Waals surface area contributed by atoms with Crippen molar-refractivity contribution in [3.63, 3.8) is 0 Å². The van der Waals surface area contributed by atoms with Crippen molar-refractivity contribution in [3.05, 3.63) is 70.4 Å². The summed E-state index contributed by atoms with van der Waals surface area (Å²) in [5.74, 6) is 0. The van der Waals surface area contributed by atoms with E-state index in [0.29, 0.717) is 0 Å². The van der Waals surface area contributed by atoms with Gasteiger partial charge in [-0.1, -0.05) is 62.8 Å². The molecule has 0 saturated carbocycles. The summed E-state index contributed by atoms with van der Waals surface area (Å²) in [4.78, 5) is 0. The summed E-state index contributed by atoms with van der Waals surface area (Å²) in [5.41, 5.74) is 8.50. The van der Waals surface area contributed by atoms with E-state index in [4.69, 9.17) is 0 Å². The lowest BCUT2D eigenvalue weighted by Crippen LogP contribution is -2.05. The van der Waals surface area contributed by atoms with Crippen LogP contribution in [0.4, 0.5) is 0 Å². The van der Waals surface area contributed by atoms with E-state index in [9.17, 15) is 0 Å². The van der Waals surface area contributed by atoms with E-state index in [-0.39, 0.29) is 0 Å². The Morgan fingerprint density at radius 3 is 2.41 bits per heavy atom. The molecule has 0 fully saturated rings. The highest BCUT2D eigenvalue weighted by Crippen LogP contribution is 2.37. The van der Waals surface area contributed by atoms with Crippen molar-refractivity contribution in [1.82, 2.24) is 0 Å². The monoisotopic (exact) mass is 296 g/mol. The molecule has 2 aliphatic carbocycles. The first-order chi connectivity index (χ1) is 10.5. The standard InChI is InChI=1S/C19H24.C3H8/c1-5-7-18-13-12-17-9-6-8-14(2)10-11-15(3)19(18)16(17)4;1-3-2/h5-9H,3,10-13H2,1-2,4H3;3H2,1-2H3/b7-5-,9-6-,14-8+;. The number of allylic oxidation sites excluding steroid dienone is 11. The van der Waals surface area contributed by atoms with Crippen LogP contribution in [0.2, 0.25) is 0 Å². The van der Waals surface area contributed by atoms with Crippen LogP contribution in [0.1, 0.15) is 66.7 Å². The van der Waals surface area contributed by atoms with Gasteiger partial charge in [0.15, 0.2) is 0 Å².